The summed E-state index contributed by atoms with van der Waals surface area (Å²) in [6, 6.07) is 9.11. The summed E-state index contributed by atoms with van der Waals surface area (Å²) in [5, 5.41) is 2.72. The van der Waals surface area contributed by atoms with Crippen LogP contribution in [0.2, 0.25) is 0 Å². The van der Waals surface area contributed by atoms with Crippen LogP contribution in [0.1, 0.15) is 31.1 Å². The third-order valence-corrected chi connectivity index (χ3v) is 3.56. The van der Waals surface area contributed by atoms with Gasteiger partial charge in [0.15, 0.2) is 0 Å². The van der Waals surface area contributed by atoms with Crippen molar-refractivity contribution in [2.75, 3.05) is 5.32 Å². The lowest BCUT2D eigenvalue weighted by Crippen LogP contribution is -2.45. The fraction of sp³-hybridized carbons (Fsp3) is 0.278. The number of carbonyl (C=O) groups is 2. The van der Waals surface area contributed by atoms with Crippen LogP contribution in [-0.2, 0) is 4.79 Å². The Morgan fingerprint density at radius 3 is 2.48 bits per heavy atom. The van der Waals surface area contributed by atoms with Crippen molar-refractivity contribution in [3.63, 3.8) is 0 Å². The predicted molar refractivity (Wildman–Crippen MR) is 95.3 cm³/mol. The van der Waals surface area contributed by atoms with E-state index in [1.54, 1.807) is 30.3 Å². The number of aromatic nitrogens is 1. The summed E-state index contributed by atoms with van der Waals surface area (Å²) in [7, 11) is 0. The van der Waals surface area contributed by atoms with Crippen molar-refractivity contribution in [1.82, 2.24) is 4.98 Å². The molecule has 0 spiro atoms. The number of anilines is 1. The van der Waals surface area contributed by atoms with E-state index in [0.29, 0.717) is 22.9 Å². The van der Waals surface area contributed by atoms with Crippen LogP contribution in [-0.4, -0.2) is 22.8 Å². The average Bonchev–Trinajstić information content (AvgIpc) is 2.55. The molecule has 0 unspecified atom stereocenters. The monoisotopic (exact) mass is 342 g/mol. The van der Waals surface area contributed by atoms with Gasteiger partial charge in [-0.1, -0.05) is 26.8 Å². The summed E-state index contributed by atoms with van der Waals surface area (Å²) in [6.07, 6.45) is 1.47. The van der Waals surface area contributed by atoms with Gasteiger partial charge in [-0.2, -0.15) is 0 Å². The zero-order valence-corrected chi connectivity index (χ0v) is 14.4. The summed E-state index contributed by atoms with van der Waals surface area (Å²) < 4.78 is 5.57. The molecular formula is C18H22N4O3. The zero-order chi connectivity index (χ0) is 18.6. The van der Waals surface area contributed by atoms with Gasteiger partial charge in [-0.25, -0.2) is 4.98 Å². The van der Waals surface area contributed by atoms with Crippen LogP contribution in [0.3, 0.4) is 0 Å². The van der Waals surface area contributed by atoms with E-state index in [0.717, 1.165) is 0 Å². The Balaban J connectivity index is 2.04. The number of hydrogen-bond donors (Lipinski definition) is 3. The van der Waals surface area contributed by atoms with E-state index >= 15 is 0 Å². The molecule has 1 aromatic carbocycles. The molecule has 7 nitrogen and oxygen atoms in total. The van der Waals surface area contributed by atoms with Crippen molar-refractivity contribution < 1.29 is 14.3 Å². The van der Waals surface area contributed by atoms with Gasteiger partial charge in [-0.3, -0.25) is 9.59 Å². The first-order chi connectivity index (χ1) is 11.7. The molecule has 1 aromatic heterocycles. The second-order valence-electron chi connectivity index (χ2n) is 6.71. The maximum atomic E-state index is 12.1. The molecule has 132 valence electrons. The number of hydrogen-bond acceptors (Lipinski definition) is 5. The molecule has 1 heterocycles. The smallest absolute Gasteiger partial charge is 0.248 e. The lowest BCUT2D eigenvalue weighted by atomic mass is 9.87. The van der Waals surface area contributed by atoms with Crippen molar-refractivity contribution in [2.45, 2.75) is 26.8 Å². The molecule has 7 heteroatoms. The topological polar surface area (TPSA) is 120 Å². The summed E-state index contributed by atoms with van der Waals surface area (Å²) in [5.74, 6) is -0.0566. The van der Waals surface area contributed by atoms with Crippen molar-refractivity contribution >= 4 is 17.5 Å². The third-order valence-electron chi connectivity index (χ3n) is 3.56. The second-order valence-corrected chi connectivity index (χ2v) is 6.71. The first kappa shape index (κ1) is 18.4. The van der Waals surface area contributed by atoms with Crippen LogP contribution in [0, 0.1) is 5.41 Å². The van der Waals surface area contributed by atoms with E-state index in [4.69, 9.17) is 16.2 Å². The van der Waals surface area contributed by atoms with Gasteiger partial charge in [0.05, 0.1) is 17.9 Å². The first-order valence-corrected chi connectivity index (χ1v) is 7.77. The van der Waals surface area contributed by atoms with Crippen LogP contribution in [0.4, 0.5) is 5.69 Å². The molecular weight excluding hydrogens is 320 g/mol. The number of rotatable bonds is 5. The molecule has 0 aliphatic carbocycles. The Morgan fingerprint density at radius 1 is 1.20 bits per heavy atom. The number of primary amides is 1. The second kappa shape index (κ2) is 7.31. The molecule has 0 saturated carbocycles. The van der Waals surface area contributed by atoms with Gasteiger partial charge in [0, 0.05) is 11.6 Å². The van der Waals surface area contributed by atoms with E-state index in [1.807, 2.05) is 20.8 Å². The molecule has 2 rings (SSSR count). The molecule has 0 aliphatic rings. The number of amides is 2. The van der Waals surface area contributed by atoms with Gasteiger partial charge in [-0.15, -0.1) is 0 Å². The van der Waals surface area contributed by atoms with Gasteiger partial charge in [0.1, 0.15) is 5.75 Å². The van der Waals surface area contributed by atoms with Gasteiger partial charge >= 0.3 is 0 Å². The summed E-state index contributed by atoms with van der Waals surface area (Å²) in [5.41, 5.74) is 11.7. The van der Waals surface area contributed by atoms with Crippen molar-refractivity contribution in [3.8, 4) is 11.6 Å². The molecule has 0 saturated heterocycles. The highest BCUT2D eigenvalue weighted by Gasteiger charge is 2.27. The number of ether oxygens (including phenoxy) is 1. The van der Waals surface area contributed by atoms with Crippen LogP contribution < -0.4 is 21.5 Å². The number of nitrogens with one attached hydrogen (secondary N) is 1. The van der Waals surface area contributed by atoms with Gasteiger partial charge < -0.3 is 21.5 Å². The highest BCUT2D eigenvalue weighted by molar-refractivity contribution is 5.95. The minimum Gasteiger partial charge on any atom is -0.439 e. The zero-order valence-electron chi connectivity index (χ0n) is 14.4. The highest BCUT2D eigenvalue weighted by Crippen LogP contribution is 2.22. The fourth-order valence-corrected chi connectivity index (χ4v) is 1.96. The molecule has 0 fully saturated rings. The molecule has 0 aliphatic heterocycles. The van der Waals surface area contributed by atoms with Crippen LogP contribution in [0.15, 0.2) is 42.6 Å². The van der Waals surface area contributed by atoms with Gasteiger partial charge in [0.2, 0.25) is 17.7 Å². The Morgan fingerprint density at radius 2 is 1.92 bits per heavy atom. The number of nitrogens with zero attached hydrogens (tertiary/aromatic N) is 1. The summed E-state index contributed by atoms with van der Waals surface area (Å²) in [4.78, 5) is 27.4. The maximum absolute atomic E-state index is 12.1. The third kappa shape index (κ3) is 5.02. The van der Waals surface area contributed by atoms with Crippen molar-refractivity contribution in [1.29, 1.82) is 0 Å². The van der Waals surface area contributed by atoms with E-state index in [1.165, 1.54) is 12.3 Å². The van der Waals surface area contributed by atoms with E-state index in [-0.39, 0.29) is 11.3 Å². The summed E-state index contributed by atoms with van der Waals surface area (Å²) in [6.45, 7) is 5.69. The SMILES string of the molecule is CC(C)(C)[C@H](N)C(=O)Nc1ccc(Oc2cccc(C(N)=O)c2)nc1. The molecule has 25 heavy (non-hydrogen) atoms. The predicted octanol–water partition coefficient (Wildman–Crippen LogP) is 2.28. The van der Waals surface area contributed by atoms with E-state index in [9.17, 15) is 9.59 Å². The van der Waals surface area contributed by atoms with E-state index < -0.39 is 11.9 Å². The van der Waals surface area contributed by atoms with Gasteiger partial charge in [0.25, 0.3) is 0 Å². The van der Waals surface area contributed by atoms with E-state index in [2.05, 4.69) is 10.3 Å². The minimum absolute atomic E-state index is 0.280. The highest BCUT2D eigenvalue weighted by atomic mass is 16.5. The Hall–Kier alpha value is -2.93. The quantitative estimate of drug-likeness (QED) is 0.770. The van der Waals surface area contributed by atoms with Crippen molar-refractivity contribution in [3.05, 3.63) is 48.2 Å². The Kier molecular flexibility index (Phi) is 5.38. The Labute approximate surface area is 146 Å². The first-order valence-electron chi connectivity index (χ1n) is 7.77. The summed E-state index contributed by atoms with van der Waals surface area (Å²) >= 11 is 0. The maximum Gasteiger partial charge on any atom is 0.248 e. The lowest BCUT2D eigenvalue weighted by molar-refractivity contribution is -0.119. The van der Waals surface area contributed by atoms with Crippen LogP contribution in [0.5, 0.6) is 11.6 Å². The minimum atomic E-state index is -0.639. The lowest BCUT2D eigenvalue weighted by Gasteiger charge is -2.25. The fourth-order valence-electron chi connectivity index (χ4n) is 1.96. The van der Waals surface area contributed by atoms with Crippen LogP contribution >= 0.6 is 0 Å². The number of pyridine rings is 1. The molecule has 2 amide bonds. The van der Waals surface area contributed by atoms with Crippen molar-refractivity contribution in [2.24, 2.45) is 16.9 Å². The number of nitrogens with two attached hydrogens (primary N) is 2. The Bertz CT molecular complexity index is 767. The number of benzene rings is 1. The van der Waals surface area contributed by atoms with Crippen LogP contribution in [0.25, 0.3) is 0 Å². The molecule has 2 aromatic rings. The normalized spacial score (nSPS) is 12.3. The standard InChI is InChI=1S/C18H22N4O3/c1-18(2,3)15(19)17(24)22-12-7-8-14(21-10-12)25-13-6-4-5-11(9-13)16(20)23/h4-10,15H,19H2,1-3H3,(H2,20,23)(H,22,24)/t15-/m1/s1. The molecule has 5 N–H and O–H groups in total. The van der Waals surface area contributed by atoms with Gasteiger partial charge in [-0.05, 0) is 29.7 Å². The molecule has 1 atom stereocenters. The average molecular weight is 342 g/mol. The molecule has 0 bridgehead atoms. The molecule has 0 radical (unpaired) electrons. The largest absolute Gasteiger partial charge is 0.439 e. The number of carbonyl (C=O) groups excluding carboxylic acids is 2.